The molecule has 0 fully saturated rings. The molecule has 6 heteroatoms. The van der Waals surface area contributed by atoms with Gasteiger partial charge in [-0.05, 0) is 42.5 Å². The number of methoxy groups -OCH3 is 1. The number of hydrogen-bond donors (Lipinski definition) is 1. The summed E-state index contributed by atoms with van der Waals surface area (Å²) in [6.45, 7) is 0.810. The van der Waals surface area contributed by atoms with Crippen LogP contribution in [-0.4, -0.2) is 31.7 Å². The van der Waals surface area contributed by atoms with Gasteiger partial charge in [0, 0.05) is 10.0 Å². The van der Waals surface area contributed by atoms with Crippen molar-refractivity contribution >= 4 is 22.1 Å². The summed E-state index contributed by atoms with van der Waals surface area (Å²) in [6.07, 6.45) is 1.32. The van der Waals surface area contributed by atoms with E-state index in [0.717, 1.165) is 15.8 Å². The fourth-order valence-electron chi connectivity index (χ4n) is 1.79. The molecule has 0 bridgehead atoms. The van der Waals surface area contributed by atoms with Crippen molar-refractivity contribution in [3.63, 3.8) is 0 Å². The molecule has 0 spiro atoms. The van der Waals surface area contributed by atoms with Gasteiger partial charge in [0.25, 0.3) is 0 Å². The zero-order valence-corrected chi connectivity index (χ0v) is 13.6. The summed E-state index contributed by atoms with van der Waals surface area (Å²) in [5.41, 5.74) is 0.720. The average molecular weight is 366 g/mol. The molecule has 22 heavy (non-hydrogen) atoms. The van der Waals surface area contributed by atoms with Crippen molar-refractivity contribution < 1.29 is 19.4 Å². The van der Waals surface area contributed by atoms with E-state index in [0.29, 0.717) is 24.7 Å². The largest absolute Gasteiger partial charge is 0.493 e. The smallest absolute Gasteiger partial charge is 0.161 e. The van der Waals surface area contributed by atoms with Gasteiger partial charge in [-0.25, -0.2) is 0 Å². The van der Waals surface area contributed by atoms with Gasteiger partial charge in [-0.2, -0.15) is 0 Å². The summed E-state index contributed by atoms with van der Waals surface area (Å²) in [4.78, 5) is 0. The Hall–Kier alpha value is -2.21. The number of oxime groups is 1. The Morgan fingerprint density at radius 2 is 1.77 bits per heavy atom. The lowest BCUT2D eigenvalue weighted by atomic mass is 10.2. The van der Waals surface area contributed by atoms with Crippen LogP contribution >= 0.6 is 15.9 Å². The van der Waals surface area contributed by atoms with Gasteiger partial charge in [-0.3, -0.25) is 0 Å². The molecule has 0 saturated heterocycles. The van der Waals surface area contributed by atoms with Crippen molar-refractivity contribution in [1.29, 1.82) is 0 Å². The van der Waals surface area contributed by atoms with E-state index in [1.165, 1.54) is 6.21 Å². The van der Waals surface area contributed by atoms with Crippen molar-refractivity contribution in [1.82, 2.24) is 0 Å². The average Bonchev–Trinajstić information content (AvgIpc) is 2.54. The number of hydrogen-bond acceptors (Lipinski definition) is 5. The van der Waals surface area contributed by atoms with Gasteiger partial charge in [-0.1, -0.05) is 21.1 Å². The van der Waals surface area contributed by atoms with Gasteiger partial charge in [0.2, 0.25) is 0 Å². The minimum Gasteiger partial charge on any atom is -0.493 e. The Balaban J connectivity index is 1.87. The van der Waals surface area contributed by atoms with Crippen LogP contribution in [0.5, 0.6) is 17.2 Å². The highest BCUT2D eigenvalue weighted by Gasteiger charge is 2.05. The second-order valence-corrected chi connectivity index (χ2v) is 5.22. The number of rotatable bonds is 7. The second-order valence-electron chi connectivity index (χ2n) is 4.31. The summed E-state index contributed by atoms with van der Waals surface area (Å²) >= 11 is 3.37. The summed E-state index contributed by atoms with van der Waals surface area (Å²) in [5, 5.41) is 11.5. The third-order valence-corrected chi connectivity index (χ3v) is 3.35. The van der Waals surface area contributed by atoms with Crippen molar-refractivity contribution in [2.75, 3.05) is 20.3 Å². The van der Waals surface area contributed by atoms with Gasteiger partial charge >= 0.3 is 0 Å². The molecule has 116 valence electrons. The molecule has 1 N–H and O–H groups in total. The number of benzene rings is 2. The first-order valence-corrected chi connectivity index (χ1v) is 7.39. The lowest BCUT2D eigenvalue weighted by molar-refractivity contribution is 0.211. The fourth-order valence-corrected chi connectivity index (χ4v) is 2.06. The molecule has 2 rings (SSSR count). The number of halogens is 1. The molecule has 0 saturated carbocycles. The maximum Gasteiger partial charge on any atom is 0.161 e. The predicted molar refractivity (Wildman–Crippen MR) is 87.5 cm³/mol. The standard InChI is InChI=1S/C16H16BrNO4/c1-20-16-10-12(11-18-19)2-7-15(16)22-9-8-21-14-5-3-13(17)4-6-14/h2-7,10-11,19H,8-9H2,1H3. The first kappa shape index (κ1) is 16.2. The van der Waals surface area contributed by atoms with E-state index in [9.17, 15) is 0 Å². The normalized spacial score (nSPS) is 10.6. The summed E-state index contributed by atoms with van der Waals surface area (Å²) in [6, 6.07) is 12.9. The van der Waals surface area contributed by atoms with E-state index >= 15 is 0 Å². The highest BCUT2D eigenvalue weighted by Crippen LogP contribution is 2.27. The zero-order valence-electron chi connectivity index (χ0n) is 12.0. The molecule has 0 heterocycles. The summed E-state index contributed by atoms with van der Waals surface area (Å²) < 4.78 is 17.5. The van der Waals surface area contributed by atoms with Crippen LogP contribution in [-0.2, 0) is 0 Å². The molecule has 0 aliphatic heterocycles. The molecule has 2 aromatic carbocycles. The third kappa shape index (κ3) is 4.66. The predicted octanol–water partition coefficient (Wildman–Crippen LogP) is 3.72. The van der Waals surface area contributed by atoms with E-state index in [-0.39, 0.29) is 0 Å². The topological polar surface area (TPSA) is 60.3 Å². The van der Waals surface area contributed by atoms with Crippen molar-refractivity contribution in [2.24, 2.45) is 5.16 Å². The third-order valence-electron chi connectivity index (χ3n) is 2.82. The Morgan fingerprint density at radius 1 is 1.05 bits per heavy atom. The summed E-state index contributed by atoms with van der Waals surface area (Å²) in [5.74, 6) is 1.96. The van der Waals surface area contributed by atoms with Crippen molar-refractivity contribution in [3.05, 3.63) is 52.5 Å². The Morgan fingerprint density at radius 3 is 2.45 bits per heavy atom. The molecule has 0 atom stereocenters. The first-order chi connectivity index (χ1) is 10.7. The second kappa shape index (κ2) is 8.29. The molecule has 0 aliphatic rings. The molecule has 0 aromatic heterocycles. The van der Waals surface area contributed by atoms with Gasteiger partial charge in [0.1, 0.15) is 19.0 Å². The molecular formula is C16H16BrNO4. The number of ether oxygens (including phenoxy) is 3. The van der Waals surface area contributed by atoms with Crippen LogP contribution in [0.2, 0.25) is 0 Å². The van der Waals surface area contributed by atoms with Crippen LogP contribution in [0.15, 0.2) is 52.1 Å². The van der Waals surface area contributed by atoms with E-state index in [1.807, 2.05) is 24.3 Å². The Labute approximate surface area is 137 Å². The lowest BCUT2D eigenvalue weighted by Crippen LogP contribution is -2.09. The molecule has 0 aliphatic carbocycles. The Bertz CT molecular complexity index is 629. The molecule has 0 amide bonds. The van der Waals surface area contributed by atoms with Gasteiger partial charge in [0.15, 0.2) is 11.5 Å². The molecule has 0 radical (unpaired) electrons. The minimum atomic E-state index is 0.389. The SMILES string of the molecule is COc1cc(C=NO)ccc1OCCOc1ccc(Br)cc1. The van der Waals surface area contributed by atoms with Crippen molar-refractivity contribution in [2.45, 2.75) is 0 Å². The molecular weight excluding hydrogens is 350 g/mol. The maximum absolute atomic E-state index is 8.53. The Kier molecular flexibility index (Phi) is 6.09. The first-order valence-electron chi connectivity index (χ1n) is 6.59. The lowest BCUT2D eigenvalue weighted by Gasteiger charge is -2.12. The fraction of sp³-hybridized carbons (Fsp3) is 0.188. The highest BCUT2D eigenvalue weighted by atomic mass is 79.9. The minimum absolute atomic E-state index is 0.389. The van der Waals surface area contributed by atoms with Crippen LogP contribution in [0.3, 0.4) is 0 Å². The van der Waals surface area contributed by atoms with Crippen LogP contribution in [0.1, 0.15) is 5.56 Å². The molecule has 5 nitrogen and oxygen atoms in total. The molecule has 2 aromatic rings. The van der Waals surface area contributed by atoms with E-state index < -0.39 is 0 Å². The van der Waals surface area contributed by atoms with Crippen LogP contribution in [0, 0.1) is 0 Å². The molecule has 0 unspecified atom stereocenters. The zero-order chi connectivity index (χ0) is 15.8. The van der Waals surface area contributed by atoms with Crippen LogP contribution in [0.4, 0.5) is 0 Å². The highest BCUT2D eigenvalue weighted by molar-refractivity contribution is 9.10. The van der Waals surface area contributed by atoms with Crippen LogP contribution < -0.4 is 14.2 Å². The number of nitrogens with zero attached hydrogens (tertiary/aromatic N) is 1. The maximum atomic E-state index is 8.53. The summed E-state index contributed by atoms with van der Waals surface area (Å²) in [7, 11) is 1.56. The monoisotopic (exact) mass is 365 g/mol. The van der Waals surface area contributed by atoms with Crippen LogP contribution in [0.25, 0.3) is 0 Å². The van der Waals surface area contributed by atoms with Gasteiger partial charge < -0.3 is 19.4 Å². The quantitative estimate of drug-likeness (QED) is 0.351. The van der Waals surface area contributed by atoms with E-state index in [4.69, 9.17) is 19.4 Å². The van der Waals surface area contributed by atoms with Gasteiger partial charge in [0.05, 0.1) is 13.3 Å². The van der Waals surface area contributed by atoms with E-state index in [2.05, 4.69) is 21.1 Å². The van der Waals surface area contributed by atoms with Gasteiger partial charge in [-0.15, -0.1) is 0 Å². The van der Waals surface area contributed by atoms with E-state index in [1.54, 1.807) is 25.3 Å². The van der Waals surface area contributed by atoms with Crippen molar-refractivity contribution in [3.8, 4) is 17.2 Å².